The van der Waals surface area contributed by atoms with Crippen LogP contribution < -0.4 is 19.9 Å². The SMILES string of the molecule is COc1ccc(C[NH+](C)Cc2nc3sc4c(c3c(=O)[nH]2)CCC4)c(OC)c1. The number of ether oxygens (including phenoxy) is 2. The van der Waals surface area contributed by atoms with Gasteiger partial charge in [-0.15, -0.1) is 11.3 Å². The Morgan fingerprint density at radius 2 is 2.07 bits per heavy atom. The standard InChI is InChI=1S/C20H23N3O3S/c1-23(10-12-7-8-13(25-2)9-15(12)26-3)11-17-21-19(24)18-14-5-4-6-16(14)27-20(18)22-17/h7-9H,4-6,10-11H2,1-3H3,(H,21,22,24)/p+1. The van der Waals surface area contributed by atoms with E-state index in [9.17, 15) is 4.79 Å². The third-order valence-corrected chi connectivity index (χ3v) is 6.27. The highest BCUT2D eigenvalue weighted by Crippen LogP contribution is 2.34. The molecule has 1 aromatic carbocycles. The van der Waals surface area contributed by atoms with Gasteiger partial charge in [-0.05, 0) is 37.0 Å². The second-order valence-corrected chi connectivity index (χ2v) is 8.12. The summed E-state index contributed by atoms with van der Waals surface area (Å²) >= 11 is 1.68. The third-order valence-electron chi connectivity index (χ3n) is 5.08. The Morgan fingerprint density at radius 3 is 2.85 bits per heavy atom. The second-order valence-electron chi connectivity index (χ2n) is 7.04. The fourth-order valence-electron chi connectivity index (χ4n) is 3.80. The van der Waals surface area contributed by atoms with Crippen LogP contribution in [0.15, 0.2) is 23.0 Å². The van der Waals surface area contributed by atoms with Gasteiger partial charge in [0.15, 0.2) is 5.82 Å². The lowest BCUT2D eigenvalue weighted by molar-refractivity contribution is -0.908. The van der Waals surface area contributed by atoms with E-state index in [-0.39, 0.29) is 5.56 Å². The predicted octanol–water partition coefficient (Wildman–Crippen LogP) is 1.71. The number of aromatic nitrogens is 2. The molecule has 1 aliphatic rings. The van der Waals surface area contributed by atoms with E-state index in [0.29, 0.717) is 6.54 Å². The Bertz CT molecular complexity index is 1040. The van der Waals surface area contributed by atoms with Gasteiger partial charge in [-0.1, -0.05) is 0 Å². The number of methoxy groups -OCH3 is 2. The lowest BCUT2D eigenvalue weighted by Gasteiger charge is -2.16. The molecule has 142 valence electrons. The minimum Gasteiger partial charge on any atom is -0.497 e. The van der Waals surface area contributed by atoms with Crippen molar-refractivity contribution in [2.45, 2.75) is 32.4 Å². The van der Waals surface area contributed by atoms with Crippen LogP contribution in [-0.2, 0) is 25.9 Å². The maximum absolute atomic E-state index is 12.6. The highest BCUT2D eigenvalue weighted by molar-refractivity contribution is 7.18. The summed E-state index contributed by atoms with van der Waals surface area (Å²) in [6.07, 6.45) is 3.23. The van der Waals surface area contributed by atoms with Crippen molar-refractivity contribution in [2.75, 3.05) is 21.3 Å². The quantitative estimate of drug-likeness (QED) is 0.677. The summed E-state index contributed by atoms with van der Waals surface area (Å²) in [6.45, 7) is 1.40. The van der Waals surface area contributed by atoms with E-state index in [0.717, 1.165) is 58.9 Å². The highest BCUT2D eigenvalue weighted by Gasteiger charge is 2.22. The lowest BCUT2D eigenvalue weighted by Crippen LogP contribution is -3.06. The van der Waals surface area contributed by atoms with Crippen molar-refractivity contribution in [1.29, 1.82) is 0 Å². The van der Waals surface area contributed by atoms with Crippen LogP contribution in [0.2, 0.25) is 0 Å². The van der Waals surface area contributed by atoms with Gasteiger partial charge < -0.3 is 19.4 Å². The zero-order valence-corrected chi connectivity index (χ0v) is 16.7. The summed E-state index contributed by atoms with van der Waals surface area (Å²) in [7, 11) is 5.39. The molecular weight excluding hydrogens is 362 g/mol. The van der Waals surface area contributed by atoms with Gasteiger partial charge in [-0.3, -0.25) is 4.79 Å². The Balaban J connectivity index is 1.55. The van der Waals surface area contributed by atoms with Crippen LogP contribution in [0.1, 0.15) is 28.2 Å². The van der Waals surface area contributed by atoms with Gasteiger partial charge in [0.2, 0.25) is 0 Å². The molecular formula is C20H24N3O3S+. The predicted molar refractivity (Wildman–Crippen MR) is 106 cm³/mol. The number of nitrogens with zero attached hydrogens (tertiary/aromatic N) is 1. The zero-order chi connectivity index (χ0) is 19.0. The van der Waals surface area contributed by atoms with E-state index in [1.165, 1.54) is 15.3 Å². The average molecular weight is 386 g/mol. The van der Waals surface area contributed by atoms with E-state index in [4.69, 9.17) is 14.5 Å². The molecule has 3 aromatic rings. The molecule has 1 aliphatic carbocycles. The second kappa shape index (κ2) is 7.32. The number of rotatable bonds is 6. The van der Waals surface area contributed by atoms with Gasteiger partial charge in [-0.2, -0.15) is 0 Å². The van der Waals surface area contributed by atoms with Crippen molar-refractivity contribution in [2.24, 2.45) is 0 Å². The molecule has 0 fully saturated rings. The Hall–Kier alpha value is -2.38. The van der Waals surface area contributed by atoms with Crippen LogP contribution in [0, 0.1) is 0 Å². The number of quaternary nitrogens is 1. The first-order chi connectivity index (χ1) is 13.1. The third kappa shape index (κ3) is 3.44. The first-order valence-corrected chi connectivity index (χ1v) is 9.96. The summed E-state index contributed by atoms with van der Waals surface area (Å²) in [6, 6.07) is 5.84. The molecule has 0 radical (unpaired) electrons. The Kier molecular flexibility index (Phi) is 4.88. The number of hydrogen-bond donors (Lipinski definition) is 2. The molecule has 0 aliphatic heterocycles. The van der Waals surface area contributed by atoms with Crippen LogP contribution in [0.4, 0.5) is 0 Å². The maximum atomic E-state index is 12.6. The Morgan fingerprint density at radius 1 is 1.22 bits per heavy atom. The molecule has 1 atom stereocenters. The molecule has 2 heterocycles. The molecule has 27 heavy (non-hydrogen) atoms. The molecule has 6 nitrogen and oxygen atoms in total. The van der Waals surface area contributed by atoms with Crippen molar-refractivity contribution in [1.82, 2.24) is 9.97 Å². The molecule has 0 spiro atoms. The van der Waals surface area contributed by atoms with Crippen molar-refractivity contribution in [3.05, 3.63) is 50.4 Å². The molecule has 2 aromatic heterocycles. The van der Waals surface area contributed by atoms with Gasteiger partial charge in [0.05, 0.1) is 26.7 Å². The number of thiophene rings is 1. The monoisotopic (exact) mass is 386 g/mol. The summed E-state index contributed by atoms with van der Waals surface area (Å²) < 4.78 is 10.7. The fraction of sp³-hybridized carbons (Fsp3) is 0.400. The van der Waals surface area contributed by atoms with Gasteiger partial charge in [0, 0.05) is 16.5 Å². The number of aryl methyl sites for hydroxylation is 2. The van der Waals surface area contributed by atoms with E-state index in [1.807, 2.05) is 18.2 Å². The fourth-order valence-corrected chi connectivity index (χ4v) is 5.08. The summed E-state index contributed by atoms with van der Waals surface area (Å²) in [5.41, 5.74) is 2.32. The number of fused-ring (bicyclic) bond motifs is 3. The summed E-state index contributed by atoms with van der Waals surface area (Å²) in [5, 5.41) is 0.811. The minimum absolute atomic E-state index is 0.00391. The molecule has 0 saturated heterocycles. The maximum Gasteiger partial charge on any atom is 0.260 e. The van der Waals surface area contributed by atoms with Crippen LogP contribution in [0.3, 0.4) is 0 Å². The first kappa shape index (κ1) is 18.0. The highest BCUT2D eigenvalue weighted by atomic mass is 32.1. The number of aromatic amines is 1. The van der Waals surface area contributed by atoms with Crippen molar-refractivity contribution >= 4 is 21.6 Å². The van der Waals surface area contributed by atoms with Gasteiger partial charge in [-0.25, -0.2) is 4.98 Å². The largest absolute Gasteiger partial charge is 0.497 e. The molecule has 1 unspecified atom stereocenters. The van der Waals surface area contributed by atoms with Crippen molar-refractivity contribution in [3.63, 3.8) is 0 Å². The molecule has 7 heteroatoms. The van der Waals surface area contributed by atoms with Gasteiger partial charge >= 0.3 is 0 Å². The number of H-pyrrole nitrogens is 1. The topological polar surface area (TPSA) is 68.7 Å². The van der Waals surface area contributed by atoms with Crippen molar-refractivity contribution < 1.29 is 14.4 Å². The summed E-state index contributed by atoms with van der Waals surface area (Å²) in [5.74, 6) is 2.31. The Labute approximate surface area is 161 Å². The van der Waals surface area contributed by atoms with E-state index >= 15 is 0 Å². The lowest BCUT2D eigenvalue weighted by atomic mass is 10.1. The van der Waals surface area contributed by atoms with Crippen LogP contribution in [0.25, 0.3) is 10.2 Å². The number of hydrogen-bond acceptors (Lipinski definition) is 5. The molecule has 4 rings (SSSR count). The zero-order valence-electron chi connectivity index (χ0n) is 15.8. The van der Waals surface area contributed by atoms with Gasteiger partial charge in [0.1, 0.15) is 29.4 Å². The number of nitrogens with one attached hydrogen (secondary N) is 2. The van der Waals surface area contributed by atoms with Crippen LogP contribution >= 0.6 is 11.3 Å². The molecule has 2 N–H and O–H groups in total. The smallest absolute Gasteiger partial charge is 0.260 e. The van der Waals surface area contributed by atoms with E-state index < -0.39 is 0 Å². The normalized spacial score (nSPS) is 14.3. The molecule has 0 amide bonds. The number of benzene rings is 1. The van der Waals surface area contributed by atoms with E-state index in [1.54, 1.807) is 25.6 Å². The van der Waals surface area contributed by atoms with Gasteiger partial charge in [0.25, 0.3) is 5.56 Å². The minimum atomic E-state index is 0.00391. The molecule has 0 saturated carbocycles. The van der Waals surface area contributed by atoms with Crippen LogP contribution in [-0.4, -0.2) is 31.2 Å². The van der Waals surface area contributed by atoms with E-state index in [2.05, 4.69) is 12.0 Å². The van der Waals surface area contributed by atoms with Crippen molar-refractivity contribution in [3.8, 4) is 11.5 Å². The first-order valence-electron chi connectivity index (χ1n) is 9.14. The summed E-state index contributed by atoms with van der Waals surface area (Å²) in [4.78, 5) is 23.8. The molecule has 0 bridgehead atoms. The van der Waals surface area contributed by atoms with Crippen LogP contribution in [0.5, 0.6) is 11.5 Å². The average Bonchev–Trinajstić information content (AvgIpc) is 3.22.